The number of hydrogen-bond donors (Lipinski definition) is 2. The molecule has 0 unspecified atom stereocenters. The van der Waals surface area contributed by atoms with Gasteiger partial charge in [-0.25, -0.2) is 9.37 Å². The quantitative estimate of drug-likeness (QED) is 0.360. The fraction of sp³-hybridized carbons (Fsp3) is 0.471. The lowest BCUT2D eigenvalue weighted by molar-refractivity contribution is -0.136. The number of carbonyl (C=O) groups is 3. The largest absolute Gasteiger partial charge is 0.489 e. The standard InChI is InChI=1S/C34H37FN4O7/c1-44-19-23-16-38(15-20-12-21-2-6-29(36-31(21)26(35)13-20)34(43)8-10-45-11-9-34)18-28(23)46-24-3-4-25-22(14-24)17-39(33(25)42)27-5-7-30(40)37-32(27)41/h2-4,6,12-14,23,27-28,43H,5,7-11,15-19H2,1H3,(H,37,40,41)/t23-,27-,28+/m0/s1. The molecule has 242 valence electrons. The molecular weight excluding hydrogens is 595 g/mol. The number of amides is 3. The number of methoxy groups -OCH3 is 1. The average molecular weight is 633 g/mol. The van der Waals surface area contributed by atoms with Crippen molar-refractivity contribution in [2.45, 2.75) is 56.5 Å². The highest BCUT2D eigenvalue weighted by Crippen LogP contribution is 2.34. The summed E-state index contributed by atoms with van der Waals surface area (Å²) < 4.78 is 32.7. The molecule has 4 aliphatic rings. The molecule has 2 N–H and O–H groups in total. The molecule has 0 radical (unpaired) electrons. The Bertz CT molecular complexity index is 1690. The number of nitrogens with zero attached hydrogens (tertiary/aromatic N) is 3. The number of nitrogens with one attached hydrogen (secondary N) is 1. The first-order valence-electron chi connectivity index (χ1n) is 15.8. The summed E-state index contributed by atoms with van der Waals surface area (Å²) in [5, 5.41) is 14.0. The Morgan fingerprint density at radius 1 is 1.11 bits per heavy atom. The summed E-state index contributed by atoms with van der Waals surface area (Å²) >= 11 is 0. The number of rotatable bonds is 8. The highest BCUT2D eigenvalue weighted by atomic mass is 19.1. The Balaban J connectivity index is 1.03. The zero-order valence-corrected chi connectivity index (χ0v) is 25.7. The molecule has 3 amide bonds. The maximum absolute atomic E-state index is 15.4. The minimum Gasteiger partial charge on any atom is -0.489 e. The molecule has 1 aromatic heterocycles. The van der Waals surface area contributed by atoms with Gasteiger partial charge in [-0.15, -0.1) is 0 Å². The number of pyridine rings is 1. The van der Waals surface area contributed by atoms with E-state index >= 15 is 4.39 Å². The second-order valence-corrected chi connectivity index (χ2v) is 12.8. The Hall–Kier alpha value is -3.97. The monoisotopic (exact) mass is 632 g/mol. The Morgan fingerprint density at radius 2 is 1.93 bits per heavy atom. The lowest BCUT2D eigenvalue weighted by atomic mass is 9.90. The van der Waals surface area contributed by atoms with Crippen LogP contribution >= 0.6 is 0 Å². The molecule has 0 saturated carbocycles. The van der Waals surface area contributed by atoms with Crippen LogP contribution in [0.2, 0.25) is 0 Å². The van der Waals surface area contributed by atoms with Crippen molar-refractivity contribution in [1.29, 1.82) is 0 Å². The molecule has 7 rings (SSSR count). The summed E-state index contributed by atoms with van der Waals surface area (Å²) in [5.74, 6) is -0.731. The van der Waals surface area contributed by atoms with Crippen LogP contribution in [0.15, 0.2) is 42.5 Å². The fourth-order valence-electron chi connectivity index (χ4n) is 7.19. The lowest BCUT2D eigenvalue weighted by Crippen LogP contribution is -2.52. The van der Waals surface area contributed by atoms with Gasteiger partial charge in [0.15, 0.2) is 0 Å². The summed E-state index contributed by atoms with van der Waals surface area (Å²) in [6, 6.07) is 11.7. The molecule has 0 bridgehead atoms. The molecule has 3 fully saturated rings. The number of likely N-dealkylation sites (tertiary alicyclic amines) is 1. The molecule has 0 spiro atoms. The molecule has 0 aliphatic carbocycles. The van der Waals surface area contributed by atoms with Gasteiger partial charge in [0, 0.05) is 82.6 Å². The Labute approximate surface area is 265 Å². The fourth-order valence-corrected chi connectivity index (χ4v) is 7.19. The maximum atomic E-state index is 15.4. The number of imide groups is 1. The Kier molecular flexibility index (Phi) is 8.22. The van der Waals surface area contributed by atoms with Crippen LogP contribution < -0.4 is 10.1 Å². The summed E-state index contributed by atoms with van der Waals surface area (Å²) in [5.41, 5.74) is 1.72. The van der Waals surface area contributed by atoms with E-state index in [0.29, 0.717) is 81.1 Å². The minimum absolute atomic E-state index is 0.0644. The molecule has 46 heavy (non-hydrogen) atoms. The van der Waals surface area contributed by atoms with Crippen LogP contribution in [0.3, 0.4) is 0 Å². The van der Waals surface area contributed by atoms with Crippen LogP contribution in [0.4, 0.5) is 4.39 Å². The zero-order valence-electron chi connectivity index (χ0n) is 25.7. The van der Waals surface area contributed by atoms with E-state index in [2.05, 4.69) is 15.2 Å². The van der Waals surface area contributed by atoms with E-state index in [1.54, 1.807) is 25.3 Å². The van der Waals surface area contributed by atoms with E-state index in [-0.39, 0.29) is 42.3 Å². The smallest absolute Gasteiger partial charge is 0.255 e. The van der Waals surface area contributed by atoms with Gasteiger partial charge in [0.05, 0.1) is 12.3 Å². The number of ether oxygens (including phenoxy) is 3. The third-order valence-corrected chi connectivity index (χ3v) is 9.63. The summed E-state index contributed by atoms with van der Waals surface area (Å²) in [6.07, 6.45) is 1.17. The van der Waals surface area contributed by atoms with E-state index in [4.69, 9.17) is 14.2 Å². The highest BCUT2D eigenvalue weighted by Gasteiger charge is 2.40. The van der Waals surface area contributed by atoms with Gasteiger partial charge in [-0.2, -0.15) is 0 Å². The molecule has 3 saturated heterocycles. The van der Waals surface area contributed by atoms with E-state index in [1.165, 1.54) is 11.0 Å². The van der Waals surface area contributed by atoms with Gasteiger partial charge in [0.2, 0.25) is 11.8 Å². The number of benzene rings is 2. The molecule has 11 nitrogen and oxygen atoms in total. The molecule has 3 atom stereocenters. The molecule has 2 aromatic carbocycles. The average Bonchev–Trinajstić information content (AvgIpc) is 3.56. The second-order valence-electron chi connectivity index (χ2n) is 12.8. The van der Waals surface area contributed by atoms with Crippen molar-refractivity contribution in [3.8, 4) is 5.75 Å². The van der Waals surface area contributed by atoms with E-state index < -0.39 is 23.4 Å². The van der Waals surface area contributed by atoms with Crippen molar-refractivity contribution in [2.24, 2.45) is 5.92 Å². The van der Waals surface area contributed by atoms with Crippen LogP contribution in [-0.4, -0.2) is 89.8 Å². The van der Waals surface area contributed by atoms with E-state index in [9.17, 15) is 19.5 Å². The first-order chi connectivity index (χ1) is 22.2. The topological polar surface area (TPSA) is 131 Å². The molecular formula is C34H37FN4O7. The van der Waals surface area contributed by atoms with Crippen molar-refractivity contribution in [1.82, 2.24) is 20.1 Å². The number of fused-ring (bicyclic) bond motifs is 2. The van der Waals surface area contributed by atoms with Crippen LogP contribution in [0.25, 0.3) is 10.9 Å². The maximum Gasteiger partial charge on any atom is 0.255 e. The van der Waals surface area contributed by atoms with Gasteiger partial charge in [0.25, 0.3) is 5.91 Å². The first kappa shape index (κ1) is 30.7. The van der Waals surface area contributed by atoms with Gasteiger partial charge in [-0.05, 0) is 53.9 Å². The number of aromatic nitrogens is 1. The van der Waals surface area contributed by atoms with Crippen molar-refractivity contribution >= 4 is 28.6 Å². The number of halogens is 1. The molecule has 5 heterocycles. The van der Waals surface area contributed by atoms with Gasteiger partial charge in [-0.1, -0.05) is 6.07 Å². The summed E-state index contributed by atoms with van der Waals surface area (Å²) in [6.45, 7) is 3.44. The number of piperidine rings is 1. The van der Waals surface area contributed by atoms with Crippen molar-refractivity contribution < 1.29 is 38.1 Å². The van der Waals surface area contributed by atoms with Crippen LogP contribution in [0.5, 0.6) is 5.75 Å². The van der Waals surface area contributed by atoms with Gasteiger partial charge < -0.3 is 24.2 Å². The third-order valence-electron chi connectivity index (χ3n) is 9.63. The van der Waals surface area contributed by atoms with Gasteiger partial charge in [0.1, 0.15) is 34.8 Å². The van der Waals surface area contributed by atoms with Crippen LogP contribution in [0.1, 0.15) is 52.9 Å². The zero-order chi connectivity index (χ0) is 32.0. The van der Waals surface area contributed by atoms with Crippen LogP contribution in [-0.2, 0) is 37.8 Å². The predicted molar refractivity (Wildman–Crippen MR) is 163 cm³/mol. The van der Waals surface area contributed by atoms with Gasteiger partial charge >= 0.3 is 0 Å². The molecule has 4 aliphatic heterocycles. The summed E-state index contributed by atoms with van der Waals surface area (Å²) in [7, 11) is 1.65. The Morgan fingerprint density at radius 3 is 2.72 bits per heavy atom. The highest BCUT2D eigenvalue weighted by molar-refractivity contribution is 6.05. The first-order valence-corrected chi connectivity index (χ1v) is 15.8. The van der Waals surface area contributed by atoms with Crippen molar-refractivity contribution in [3.63, 3.8) is 0 Å². The number of hydrogen-bond acceptors (Lipinski definition) is 9. The molecule has 12 heteroatoms. The lowest BCUT2D eigenvalue weighted by Gasteiger charge is -2.31. The van der Waals surface area contributed by atoms with Crippen molar-refractivity contribution in [2.75, 3.05) is 40.0 Å². The summed E-state index contributed by atoms with van der Waals surface area (Å²) in [4.78, 5) is 45.3. The second kappa shape index (κ2) is 12.3. The number of carbonyl (C=O) groups excluding carboxylic acids is 3. The van der Waals surface area contributed by atoms with Crippen LogP contribution in [0, 0.1) is 11.7 Å². The normalized spacial score (nSPS) is 24.8. The van der Waals surface area contributed by atoms with E-state index in [1.807, 2.05) is 18.2 Å². The van der Waals surface area contributed by atoms with E-state index in [0.717, 1.165) is 11.1 Å². The van der Waals surface area contributed by atoms with Gasteiger partial charge in [-0.3, -0.25) is 24.6 Å². The third kappa shape index (κ3) is 5.86. The molecule has 3 aromatic rings. The minimum atomic E-state index is -1.11. The SMILES string of the molecule is COC[C@@H]1CN(Cc2cc(F)c3nc(C4(O)CCOCC4)ccc3c2)C[C@H]1Oc1ccc2c(c1)CN([C@H]1CCC(=O)NC1=O)C2=O. The predicted octanol–water partition coefficient (Wildman–Crippen LogP) is 2.66. The van der Waals surface area contributed by atoms with Crippen molar-refractivity contribution in [3.05, 3.63) is 70.7 Å². The number of aliphatic hydroxyl groups is 1.